The molecule has 0 bridgehead atoms. The van der Waals surface area contributed by atoms with Crippen LogP contribution in [0.25, 0.3) is 0 Å². The summed E-state index contributed by atoms with van der Waals surface area (Å²) in [7, 11) is 0. The lowest BCUT2D eigenvalue weighted by Crippen LogP contribution is -2.21. The molecule has 0 aliphatic carbocycles. The second kappa shape index (κ2) is 9.72. The number of carbonyl (C=O) groups excluding carboxylic acids is 2. The lowest BCUT2D eigenvalue weighted by molar-refractivity contribution is -0.384. The Hall–Kier alpha value is -2.87. The van der Waals surface area contributed by atoms with Crippen LogP contribution in [0.4, 0.5) is 5.69 Å². The molecule has 0 amide bonds. The van der Waals surface area contributed by atoms with Crippen molar-refractivity contribution in [2.24, 2.45) is 0 Å². The van der Waals surface area contributed by atoms with E-state index in [9.17, 15) is 19.7 Å². The van der Waals surface area contributed by atoms with Crippen molar-refractivity contribution in [2.75, 3.05) is 13.2 Å². The summed E-state index contributed by atoms with van der Waals surface area (Å²) in [5, 5.41) is 10.1. The number of ketones is 1. The number of hydrogen-bond acceptors (Lipinski definition) is 7. The first kappa shape index (κ1) is 20.4. The third-order valence-corrected chi connectivity index (χ3v) is 4.62. The molecule has 0 heterocycles. The number of Topliss-reactive ketones (excluding diaryl/α,β-unsaturated/α-hetero) is 1. The summed E-state index contributed by atoms with van der Waals surface area (Å²) in [6.07, 6.45) is 0. The molecule has 0 saturated carbocycles. The van der Waals surface area contributed by atoms with Crippen molar-refractivity contribution in [1.82, 2.24) is 0 Å². The normalized spacial score (nSPS) is 11.5. The van der Waals surface area contributed by atoms with E-state index in [1.807, 2.05) is 6.92 Å². The predicted octanol–water partition coefficient (Wildman–Crippen LogP) is 3.90. The molecular weight excluding hydrogens is 370 g/mol. The number of esters is 1. The highest BCUT2D eigenvalue weighted by atomic mass is 32.2. The molecule has 0 aliphatic rings. The number of rotatable bonds is 9. The molecule has 142 valence electrons. The largest absolute Gasteiger partial charge is 0.494 e. The third kappa shape index (κ3) is 6.10. The summed E-state index contributed by atoms with van der Waals surface area (Å²) >= 11 is 1.20. The Bertz CT molecular complexity index is 804. The minimum atomic E-state index is -0.556. The number of non-ortho nitro benzene ring substituents is 1. The van der Waals surface area contributed by atoms with Crippen LogP contribution in [0.5, 0.6) is 5.75 Å². The fourth-order valence-electron chi connectivity index (χ4n) is 2.14. The number of nitro benzene ring substituents is 1. The van der Waals surface area contributed by atoms with Crippen molar-refractivity contribution >= 4 is 29.2 Å². The molecule has 27 heavy (non-hydrogen) atoms. The average Bonchev–Trinajstić information content (AvgIpc) is 2.67. The van der Waals surface area contributed by atoms with Gasteiger partial charge in [-0.1, -0.05) is 0 Å². The second-order valence-electron chi connectivity index (χ2n) is 5.50. The number of hydrogen-bond donors (Lipinski definition) is 0. The van der Waals surface area contributed by atoms with Gasteiger partial charge in [0.1, 0.15) is 11.0 Å². The van der Waals surface area contributed by atoms with Gasteiger partial charge in [-0.15, -0.1) is 11.8 Å². The minimum absolute atomic E-state index is 0.0180. The van der Waals surface area contributed by atoms with E-state index in [1.54, 1.807) is 43.3 Å². The van der Waals surface area contributed by atoms with E-state index in [2.05, 4.69) is 0 Å². The van der Waals surface area contributed by atoms with E-state index in [1.165, 1.54) is 23.9 Å². The topological polar surface area (TPSA) is 95.7 Å². The number of nitro groups is 1. The van der Waals surface area contributed by atoms with Crippen LogP contribution < -0.4 is 4.74 Å². The SMILES string of the molecule is CCOc1ccc(C(=O)COC(=O)[C@@H](C)Sc2ccc([N+](=O)[O-])cc2)cc1. The van der Waals surface area contributed by atoms with Crippen LogP contribution in [0.2, 0.25) is 0 Å². The fraction of sp³-hybridized carbons (Fsp3) is 0.263. The maximum atomic E-state index is 12.1. The molecule has 1 atom stereocenters. The number of ether oxygens (including phenoxy) is 2. The highest BCUT2D eigenvalue weighted by Crippen LogP contribution is 2.26. The third-order valence-electron chi connectivity index (χ3n) is 3.53. The number of thioether (sulfide) groups is 1. The van der Waals surface area contributed by atoms with Gasteiger partial charge in [0.05, 0.1) is 11.5 Å². The van der Waals surface area contributed by atoms with Crippen molar-refractivity contribution in [3.05, 3.63) is 64.2 Å². The molecule has 0 N–H and O–H groups in total. The van der Waals surface area contributed by atoms with Gasteiger partial charge in [-0.25, -0.2) is 0 Å². The Kier molecular flexibility index (Phi) is 7.36. The number of benzene rings is 2. The summed E-state index contributed by atoms with van der Waals surface area (Å²) in [5.74, 6) is -0.171. The van der Waals surface area contributed by atoms with E-state index in [0.717, 1.165) is 0 Å². The Morgan fingerprint density at radius 3 is 2.30 bits per heavy atom. The lowest BCUT2D eigenvalue weighted by atomic mass is 10.1. The number of carbonyl (C=O) groups is 2. The first-order chi connectivity index (χ1) is 12.9. The summed E-state index contributed by atoms with van der Waals surface area (Å²) in [4.78, 5) is 35.0. The molecule has 0 fully saturated rings. The van der Waals surface area contributed by atoms with Crippen molar-refractivity contribution in [3.8, 4) is 5.75 Å². The van der Waals surface area contributed by atoms with E-state index in [0.29, 0.717) is 22.8 Å². The summed E-state index contributed by atoms with van der Waals surface area (Å²) in [6.45, 7) is 3.71. The van der Waals surface area contributed by atoms with Gasteiger partial charge in [0.25, 0.3) is 5.69 Å². The number of nitrogens with zero attached hydrogens (tertiary/aromatic N) is 1. The van der Waals surface area contributed by atoms with Crippen molar-refractivity contribution in [2.45, 2.75) is 24.0 Å². The monoisotopic (exact) mass is 389 g/mol. The molecule has 0 aromatic heterocycles. The fourth-order valence-corrected chi connectivity index (χ4v) is 3.01. The highest BCUT2D eigenvalue weighted by Gasteiger charge is 2.18. The maximum absolute atomic E-state index is 12.1. The summed E-state index contributed by atoms with van der Waals surface area (Å²) < 4.78 is 10.4. The Balaban J connectivity index is 1.84. The molecule has 0 aliphatic heterocycles. The van der Waals surface area contributed by atoms with Gasteiger partial charge in [-0.3, -0.25) is 19.7 Å². The van der Waals surface area contributed by atoms with E-state index in [4.69, 9.17) is 9.47 Å². The zero-order chi connectivity index (χ0) is 19.8. The molecule has 0 spiro atoms. The van der Waals surface area contributed by atoms with Crippen LogP contribution in [-0.4, -0.2) is 35.1 Å². The molecular formula is C19H19NO6S. The van der Waals surface area contributed by atoms with Gasteiger partial charge in [-0.05, 0) is 50.2 Å². The summed E-state index contributed by atoms with van der Waals surface area (Å²) in [6, 6.07) is 12.5. The Morgan fingerprint density at radius 1 is 1.11 bits per heavy atom. The molecule has 0 radical (unpaired) electrons. The van der Waals surface area contributed by atoms with Gasteiger partial charge in [0.2, 0.25) is 0 Å². The van der Waals surface area contributed by atoms with E-state index < -0.39 is 16.1 Å². The molecule has 8 heteroatoms. The minimum Gasteiger partial charge on any atom is -0.494 e. The van der Waals surface area contributed by atoms with Crippen molar-refractivity contribution < 1.29 is 24.0 Å². The first-order valence-electron chi connectivity index (χ1n) is 8.24. The van der Waals surface area contributed by atoms with Crippen molar-refractivity contribution in [1.29, 1.82) is 0 Å². The van der Waals surface area contributed by atoms with Crippen LogP contribution in [0, 0.1) is 10.1 Å². The van der Waals surface area contributed by atoms with Gasteiger partial charge >= 0.3 is 5.97 Å². The quantitative estimate of drug-likeness (QED) is 0.211. The van der Waals surface area contributed by atoms with E-state index in [-0.39, 0.29) is 18.1 Å². The maximum Gasteiger partial charge on any atom is 0.319 e. The van der Waals surface area contributed by atoms with Gasteiger partial charge in [0.15, 0.2) is 12.4 Å². The van der Waals surface area contributed by atoms with Gasteiger partial charge < -0.3 is 9.47 Å². The zero-order valence-corrected chi connectivity index (χ0v) is 15.7. The molecule has 0 saturated heterocycles. The smallest absolute Gasteiger partial charge is 0.319 e. The lowest BCUT2D eigenvalue weighted by Gasteiger charge is -2.11. The van der Waals surface area contributed by atoms with Crippen molar-refractivity contribution in [3.63, 3.8) is 0 Å². The van der Waals surface area contributed by atoms with Crippen LogP contribution in [0.15, 0.2) is 53.4 Å². The molecule has 2 aromatic carbocycles. The second-order valence-corrected chi connectivity index (χ2v) is 6.91. The van der Waals surface area contributed by atoms with Crippen LogP contribution in [0.1, 0.15) is 24.2 Å². The molecule has 2 rings (SSSR count). The predicted molar refractivity (Wildman–Crippen MR) is 101 cm³/mol. The van der Waals surface area contributed by atoms with Gasteiger partial charge in [0, 0.05) is 22.6 Å². The molecule has 0 unspecified atom stereocenters. The first-order valence-corrected chi connectivity index (χ1v) is 9.12. The molecule has 2 aromatic rings. The average molecular weight is 389 g/mol. The molecule has 7 nitrogen and oxygen atoms in total. The standard InChI is InChI=1S/C19H19NO6S/c1-3-25-16-8-4-14(5-9-16)18(21)12-26-19(22)13(2)27-17-10-6-15(7-11-17)20(23)24/h4-11,13H,3,12H2,1-2H3/t13-/m1/s1. The summed E-state index contributed by atoms with van der Waals surface area (Å²) in [5.41, 5.74) is 0.414. The van der Waals surface area contributed by atoms with Gasteiger partial charge in [-0.2, -0.15) is 0 Å². The zero-order valence-electron chi connectivity index (χ0n) is 14.9. The van der Waals surface area contributed by atoms with Crippen LogP contribution in [-0.2, 0) is 9.53 Å². The Labute approximate surface area is 160 Å². The van der Waals surface area contributed by atoms with Crippen LogP contribution >= 0.6 is 11.8 Å². The Morgan fingerprint density at radius 2 is 1.74 bits per heavy atom. The highest BCUT2D eigenvalue weighted by molar-refractivity contribution is 8.00. The van der Waals surface area contributed by atoms with E-state index >= 15 is 0 Å². The van der Waals surface area contributed by atoms with Crippen LogP contribution in [0.3, 0.4) is 0 Å².